The minimum atomic E-state index is -0.301. The van der Waals surface area contributed by atoms with Crippen molar-refractivity contribution in [3.05, 3.63) is 71.8 Å². The SMILES string of the molecule is COCCCNC(=O)c1nc(C(=O)N(C)Cc2ccccc2)n2ccccc12. The minimum absolute atomic E-state index is 0.219. The molecule has 7 nitrogen and oxygen atoms in total. The first-order chi connectivity index (χ1) is 13.6. The van der Waals surface area contributed by atoms with Gasteiger partial charge in [0.2, 0.25) is 5.82 Å². The van der Waals surface area contributed by atoms with E-state index in [1.807, 2.05) is 42.5 Å². The number of benzene rings is 1. The third kappa shape index (κ3) is 4.37. The van der Waals surface area contributed by atoms with Crippen molar-refractivity contribution in [1.82, 2.24) is 19.6 Å². The van der Waals surface area contributed by atoms with E-state index < -0.39 is 0 Å². The molecule has 3 rings (SSSR count). The highest BCUT2D eigenvalue weighted by molar-refractivity contribution is 6.02. The Balaban J connectivity index is 1.83. The third-order valence-corrected chi connectivity index (χ3v) is 4.37. The number of rotatable bonds is 8. The van der Waals surface area contributed by atoms with Gasteiger partial charge in [0, 0.05) is 40.1 Å². The fourth-order valence-corrected chi connectivity index (χ4v) is 2.96. The number of hydrogen-bond donors (Lipinski definition) is 1. The highest BCUT2D eigenvalue weighted by Crippen LogP contribution is 2.15. The van der Waals surface area contributed by atoms with Gasteiger partial charge < -0.3 is 15.0 Å². The third-order valence-electron chi connectivity index (χ3n) is 4.37. The first-order valence-corrected chi connectivity index (χ1v) is 9.15. The minimum Gasteiger partial charge on any atom is -0.385 e. The molecule has 28 heavy (non-hydrogen) atoms. The van der Waals surface area contributed by atoms with Crippen LogP contribution >= 0.6 is 0 Å². The number of methoxy groups -OCH3 is 1. The number of pyridine rings is 1. The topological polar surface area (TPSA) is 75.9 Å². The molecule has 0 aliphatic carbocycles. The van der Waals surface area contributed by atoms with Crippen molar-refractivity contribution in [3.8, 4) is 0 Å². The molecule has 0 fully saturated rings. The molecule has 0 saturated heterocycles. The number of amides is 2. The molecule has 1 aromatic carbocycles. The largest absolute Gasteiger partial charge is 0.385 e. The zero-order valence-electron chi connectivity index (χ0n) is 16.1. The maximum atomic E-state index is 13.0. The number of imidazole rings is 1. The molecule has 0 radical (unpaired) electrons. The smallest absolute Gasteiger partial charge is 0.290 e. The van der Waals surface area contributed by atoms with E-state index in [-0.39, 0.29) is 23.3 Å². The van der Waals surface area contributed by atoms with Gasteiger partial charge in [-0.1, -0.05) is 36.4 Å². The zero-order chi connectivity index (χ0) is 19.9. The highest BCUT2D eigenvalue weighted by Gasteiger charge is 2.23. The molecule has 0 bridgehead atoms. The van der Waals surface area contributed by atoms with Crippen LogP contribution in [-0.2, 0) is 11.3 Å². The van der Waals surface area contributed by atoms with Crippen molar-refractivity contribution >= 4 is 17.3 Å². The van der Waals surface area contributed by atoms with Crippen molar-refractivity contribution in [3.63, 3.8) is 0 Å². The molecule has 1 N–H and O–H groups in total. The number of nitrogens with one attached hydrogen (secondary N) is 1. The Morgan fingerprint density at radius 2 is 1.89 bits per heavy atom. The van der Waals surface area contributed by atoms with Crippen LogP contribution in [0.1, 0.15) is 33.1 Å². The van der Waals surface area contributed by atoms with Gasteiger partial charge in [-0.15, -0.1) is 0 Å². The summed E-state index contributed by atoms with van der Waals surface area (Å²) in [6, 6.07) is 15.1. The van der Waals surface area contributed by atoms with Gasteiger partial charge in [-0.3, -0.25) is 14.0 Å². The predicted molar refractivity (Wildman–Crippen MR) is 106 cm³/mol. The average Bonchev–Trinajstić information content (AvgIpc) is 3.11. The van der Waals surface area contributed by atoms with Gasteiger partial charge in [-0.05, 0) is 24.1 Å². The van der Waals surface area contributed by atoms with E-state index >= 15 is 0 Å². The number of carbonyl (C=O) groups is 2. The highest BCUT2D eigenvalue weighted by atomic mass is 16.5. The van der Waals surface area contributed by atoms with Crippen molar-refractivity contribution in [2.75, 3.05) is 27.3 Å². The molecular formula is C21H24N4O3. The molecule has 3 aromatic rings. The molecule has 0 saturated carbocycles. The summed E-state index contributed by atoms with van der Waals surface area (Å²) in [5.74, 6) is -0.330. The van der Waals surface area contributed by atoms with Crippen molar-refractivity contribution < 1.29 is 14.3 Å². The summed E-state index contributed by atoms with van der Waals surface area (Å²) in [6.07, 6.45) is 2.45. The molecule has 0 spiro atoms. The summed E-state index contributed by atoms with van der Waals surface area (Å²) in [7, 11) is 3.35. The van der Waals surface area contributed by atoms with Gasteiger partial charge in [0.1, 0.15) is 0 Å². The lowest BCUT2D eigenvalue weighted by Gasteiger charge is -2.16. The number of carbonyl (C=O) groups excluding carboxylic acids is 2. The van der Waals surface area contributed by atoms with Crippen LogP contribution in [0, 0.1) is 0 Å². The number of fused-ring (bicyclic) bond motifs is 1. The van der Waals surface area contributed by atoms with E-state index in [1.165, 1.54) is 0 Å². The second-order valence-electron chi connectivity index (χ2n) is 6.49. The molecule has 2 heterocycles. The van der Waals surface area contributed by atoms with Crippen LogP contribution in [0.25, 0.3) is 5.52 Å². The predicted octanol–water partition coefficient (Wildman–Crippen LogP) is 2.37. The van der Waals surface area contributed by atoms with E-state index in [0.29, 0.717) is 31.6 Å². The second-order valence-corrected chi connectivity index (χ2v) is 6.49. The normalized spacial score (nSPS) is 10.8. The Morgan fingerprint density at radius 3 is 2.64 bits per heavy atom. The lowest BCUT2D eigenvalue weighted by atomic mass is 10.2. The van der Waals surface area contributed by atoms with Gasteiger partial charge in [0.05, 0.1) is 5.52 Å². The molecule has 0 aliphatic heterocycles. The summed E-state index contributed by atoms with van der Waals surface area (Å²) in [4.78, 5) is 31.5. The Morgan fingerprint density at radius 1 is 1.14 bits per heavy atom. The van der Waals surface area contributed by atoms with E-state index in [1.54, 1.807) is 35.7 Å². The van der Waals surface area contributed by atoms with Crippen molar-refractivity contribution in [2.24, 2.45) is 0 Å². The van der Waals surface area contributed by atoms with Crippen LogP contribution in [0.4, 0.5) is 0 Å². The maximum Gasteiger partial charge on any atom is 0.290 e. The first-order valence-electron chi connectivity index (χ1n) is 9.15. The van der Waals surface area contributed by atoms with Crippen LogP contribution in [-0.4, -0.2) is 53.4 Å². The molecule has 146 valence electrons. The Kier molecular flexibility index (Phi) is 6.39. The summed E-state index contributed by atoms with van der Waals surface area (Å²) >= 11 is 0. The number of ether oxygens (including phenoxy) is 1. The van der Waals surface area contributed by atoms with Crippen molar-refractivity contribution in [1.29, 1.82) is 0 Å². The van der Waals surface area contributed by atoms with Crippen LogP contribution in [0.5, 0.6) is 0 Å². The molecule has 7 heteroatoms. The molecule has 2 aromatic heterocycles. The summed E-state index contributed by atoms with van der Waals surface area (Å²) in [5, 5.41) is 2.83. The summed E-state index contributed by atoms with van der Waals surface area (Å²) in [5.41, 5.74) is 1.87. The first kappa shape index (κ1) is 19.6. The van der Waals surface area contributed by atoms with Gasteiger partial charge >= 0.3 is 0 Å². The number of hydrogen-bond acceptors (Lipinski definition) is 4. The Bertz CT molecular complexity index is 953. The zero-order valence-corrected chi connectivity index (χ0v) is 16.1. The fourth-order valence-electron chi connectivity index (χ4n) is 2.96. The van der Waals surface area contributed by atoms with Gasteiger partial charge in [0.25, 0.3) is 11.8 Å². The number of nitrogens with zero attached hydrogens (tertiary/aromatic N) is 3. The monoisotopic (exact) mass is 380 g/mol. The lowest BCUT2D eigenvalue weighted by Crippen LogP contribution is -2.28. The van der Waals surface area contributed by atoms with Crippen LogP contribution in [0.15, 0.2) is 54.7 Å². The Hall–Kier alpha value is -3.19. The van der Waals surface area contributed by atoms with Crippen molar-refractivity contribution in [2.45, 2.75) is 13.0 Å². The molecule has 0 atom stereocenters. The van der Waals surface area contributed by atoms with E-state index in [2.05, 4.69) is 10.3 Å². The maximum absolute atomic E-state index is 13.0. The molecule has 2 amide bonds. The Labute approximate surface area is 163 Å². The van der Waals surface area contributed by atoms with E-state index in [0.717, 1.165) is 5.56 Å². The second kappa shape index (κ2) is 9.14. The standard InChI is InChI=1S/C21H24N4O3/c1-24(15-16-9-4-3-5-10-16)21(27)19-23-18(17-11-6-7-13-25(17)19)20(26)22-12-8-14-28-2/h3-7,9-11,13H,8,12,14-15H2,1-2H3,(H,22,26). The van der Waals surface area contributed by atoms with Gasteiger partial charge in [-0.2, -0.15) is 0 Å². The van der Waals surface area contributed by atoms with Crippen LogP contribution in [0.2, 0.25) is 0 Å². The average molecular weight is 380 g/mol. The van der Waals surface area contributed by atoms with Gasteiger partial charge in [-0.25, -0.2) is 4.98 Å². The summed E-state index contributed by atoms with van der Waals surface area (Å²) in [6.45, 7) is 1.51. The molecule has 0 aliphatic rings. The quantitative estimate of drug-likeness (QED) is 0.609. The van der Waals surface area contributed by atoms with Crippen LogP contribution < -0.4 is 5.32 Å². The molecular weight excluding hydrogens is 356 g/mol. The molecule has 0 unspecified atom stereocenters. The van der Waals surface area contributed by atoms with Crippen LogP contribution in [0.3, 0.4) is 0 Å². The van der Waals surface area contributed by atoms with E-state index in [4.69, 9.17) is 4.74 Å². The van der Waals surface area contributed by atoms with Gasteiger partial charge in [0.15, 0.2) is 5.69 Å². The van der Waals surface area contributed by atoms with E-state index in [9.17, 15) is 9.59 Å². The summed E-state index contributed by atoms with van der Waals surface area (Å²) < 4.78 is 6.65. The number of aromatic nitrogens is 2. The fraction of sp³-hybridized carbons (Fsp3) is 0.286. The lowest BCUT2D eigenvalue weighted by molar-refractivity contribution is 0.0772.